The van der Waals surface area contributed by atoms with Crippen molar-refractivity contribution in [3.05, 3.63) is 11.7 Å². The first-order valence-corrected chi connectivity index (χ1v) is 5.08. The van der Waals surface area contributed by atoms with Crippen molar-refractivity contribution in [2.45, 2.75) is 45.3 Å². The summed E-state index contributed by atoms with van der Waals surface area (Å²) in [6.45, 7) is 5.70. The van der Waals surface area contributed by atoms with Crippen LogP contribution in [-0.2, 0) is 16.7 Å². The zero-order chi connectivity index (χ0) is 11.5. The van der Waals surface area contributed by atoms with Gasteiger partial charge in [-0.15, -0.1) is 0 Å². The Morgan fingerprint density at radius 1 is 1.53 bits per heavy atom. The molecule has 1 heterocycles. The normalized spacial score (nSPS) is 14.2. The predicted octanol–water partition coefficient (Wildman–Crippen LogP) is 1.23. The number of hydrogen-bond acceptors (Lipinski definition) is 5. The summed E-state index contributed by atoms with van der Waals surface area (Å²) in [6.07, 6.45) is 1.78. The third kappa shape index (κ3) is 3.60. The largest absolute Gasteiger partial charge is 0.382 e. The van der Waals surface area contributed by atoms with Crippen LogP contribution < -0.4 is 5.73 Å². The molecule has 1 aromatic heterocycles. The van der Waals surface area contributed by atoms with E-state index >= 15 is 0 Å². The van der Waals surface area contributed by atoms with E-state index in [0.29, 0.717) is 11.7 Å². The second-order valence-electron chi connectivity index (χ2n) is 4.32. The topological polar surface area (TPSA) is 74.2 Å². The smallest absolute Gasteiger partial charge is 0.226 e. The third-order valence-electron chi connectivity index (χ3n) is 2.21. The van der Waals surface area contributed by atoms with Gasteiger partial charge < -0.3 is 15.0 Å². The molecule has 1 aromatic rings. The molecule has 1 atom stereocenters. The molecule has 2 N–H and O–H groups in total. The summed E-state index contributed by atoms with van der Waals surface area (Å²) in [5.74, 6) is 1.16. The minimum atomic E-state index is -0.547. The summed E-state index contributed by atoms with van der Waals surface area (Å²) >= 11 is 0. The fourth-order valence-corrected chi connectivity index (χ4v) is 1.06. The van der Waals surface area contributed by atoms with Crippen molar-refractivity contribution in [2.24, 2.45) is 5.73 Å². The Bertz CT molecular complexity index is 304. The van der Waals surface area contributed by atoms with Gasteiger partial charge in [0.15, 0.2) is 5.82 Å². The highest BCUT2D eigenvalue weighted by Crippen LogP contribution is 2.13. The summed E-state index contributed by atoms with van der Waals surface area (Å²) in [5.41, 5.74) is 5.30. The van der Waals surface area contributed by atoms with Crippen molar-refractivity contribution >= 4 is 0 Å². The van der Waals surface area contributed by atoms with Gasteiger partial charge in [0.25, 0.3) is 0 Å². The number of rotatable bonds is 5. The first kappa shape index (κ1) is 12.1. The standard InChI is InChI=1S/C10H19N3O2/c1-7(14-4)5-6-8-12-9(13-15-8)10(2,3)11/h7H,5-6,11H2,1-4H3. The van der Waals surface area contributed by atoms with Gasteiger partial charge in [-0.25, -0.2) is 0 Å². The van der Waals surface area contributed by atoms with Crippen LogP contribution in [-0.4, -0.2) is 23.4 Å². The number of nitrogens with two attached hydrogens (primary N) is 1. The van der Waals surface area contributed by atoms with Gasteiger partial charge in [0, 0.05) is 13.5 Å². The molecular weight excluding hydrogens is 194 g/mol. The van der Waals surface area contributed by atoms with Gasteiger partial charge in [-0.2, -0.15) is 4.98 Å². The quantitative estimate of drug-likeness (QED) is 0.796. The van der Waals surface area contributed by atoms with Crippen LogP contribution in [0.2, 0.25) is 0 Å². The minimum Gasteiger partial charge on any atom is -0.382 e. The Morgan fingerprint density at radius 2 is 2.20 bits per heavy atom. The molecule has 15 heavy (non-hydrogen) atoms. The van der Waals surface area contributed by atoms with E-state index in [2.05, 4.69) is 10.1 Å². The molecule has 0 aliphatic carbocycles. The van der Waals surface area contributed by atoms with Crippen molar-refractivity contribution in [1.29, 1.82) is 0 Å². The van der Waals surface area contributed by atoms with Crippen LogP contribution >= 0.6 is 0 Å². The molecule has 0 radical (unpaired) electrons. The maximum atomic E-state index is 5.84. The molecule has 1 unspecified atom stereocenters. The van der Waals surface area contributed by atoms with Gasteiger partial charge in [-0.05, 0) is 27.2 Å². The fourth-order valence-electron chi connectivity index (χ4n) is 1.06. The summed E-state index contributed by atoms with van der Waals surface area (Å²) < 4.78 is 10.2. The van der Waals surface area contributed by atoms with Crippen LogP contribution in [0.5, 0.6) is 0 Å². The number of methoxy groups -OCH3 is 1. The highest BCUT2D eigenvalue weighted by Gasteiger charge is 2.21. The molecule has 0 aromatic carbocycles. The van der Waals surface area contributed by atoms with Gasteiger partial charge in [0.1, 0.15) is 0 Å². The fraction of sp³-hybridized carbons (Fsp3) is 0.800. The molecule has 0 saturated heterocycles. The molecule has 0 saturated carbocycles. The number of ether oxygens (including phenoxy) is 1. The van der Waals surface area contributed by atoms with Crippen molar-refractivity contribution in [2.75, 3.05) is 7.11 Å². The highest BCUT2D eigenvalue weighted by molar-refractivity contribution is 4.99. The highest BCUT2D eigenvalue weighted by atomic mass is 16.5. The van der Waals surface area contributed by atoms with Gasteiger partial charge in [0.2, 0.25) is 5.89 Å². The molecule has 1 rings (SSSR count). The van der Waals surface area contributed by atoms with Crippen LogP contribution in [0.3, 0.4) is 0 Å². The number of aromatic nitrogens is 2. The van der Waals surface area contributed by atoms with Crippen molar-refractivity contribution < 1.29 is 9.26 Å². The molecule has 0 bridgehead atoms. The molecule has 0 fully saturated rings. The Labute approximate surface area is 90.0 Å². The van der Waals surface area contributed by atoms with E-state index in [-0.39, 0.29) is 6.10 Å². The molecule has 5 nitrogen and oxygen atoms in total. The average Bonchev–Trinajstić information content (AvgIpc) is 2.61. The van der Waals surface area contributed by atoms with E-state index in [9.17, 15) is 0 Å². The third-order valence-corrected chi connectivity index (χ3v) is 2.21. The van der Waals surface area contributed by atoms with E-state index in [1.807, 2.05) is 20.8 Å². The first-order valence-electron chi connectivity index (χ1n) is 5.08. The summed E-state index contributed by atoms with van der Waals surface area (Å²) in [4.78, 5) is 4.23. The maximum absolute atomic E-state index is 5.84. The summed E-state index contributed by atoms with van der Waals surface area (Å²) in [5, 5.41) is 3.84. The van der Waals surface area contributed by atoms with E-state index in [1.165, 1.54) is 0 Å². The summed E-state index contributed by atoms with van der Waals surface area (Å²) in [7, 11) is 1.69. The van der Waals surface area contributed by atoms with Gasteiger partial charge >= 0.3 is 0 Å². The monoisotopic (exact) mass is 213 g/mol. The molecule has 86 valence electrons. The van der Waals surface area contributed by atoms with Crippen LogP contribution in [0.25, 0.3) is 0 Å². The van der Waals surface area contributed by atoms with Crippen molar-refractivity contribution in [1.82, 2.24) is 10.1 Å². The Balaban J connectivity index is 2.54. The number of aryl methyl sites for hydroxylation is 1. The lowest BCUT2D eigenvalue weighted by Gasteiger charge is -2.11. The second kappa shape index (κ2) is 4.72. The Kier molecular flexibility index (Phi) is 3.82. The van der Waals surface area contributed by atoms with E-state index in [4.69, 9.17) is 15.0 Å². The van der Waals surface area contributed by atoms with Gasteiger partial charge in [-0.1, -0.05) is 5.16 Å². The number of nitrogens with zero attached hydrogens (tertiary/aromatic N) is 2. The SMILES string of the molecule is COC(C)CCc1nc(C(C)(C)N)no1. The van der Waals surface area contributed by atoms with Crippen molar-refractivity contribution in [3.63, 3.8) is 0 Å². The maximum Gasteiger partial charge on any atom is 0.226 e. The lowest BCUT2D eigenvalue weighted by Crippen LogP contribution is -2.30. The zero-order valence-corrected chi connectivity index (χ0v) is 9.78. The van der Waals surface area contributed by atoms with Crippen LogP contribution in [0.15, 0.2) is 4.52 Å². The summed E-state index contributed by atoms with van der Waals surface area (Å²) in [6, 6.07) is 0. The molecule has 0 aliphatic rings. The Morgan fingerprint density at radius 3 is 2.67 bits per heavy atom. The molecule has 0 aliphatic heterocycles. The first-order chi connectivity index (χ1) is 6.93. The lowest BCUT2D eigenvalue weighted by atomic mass is 10.1. The molecule has 0 spiro atoms. The van der Waals surface area contributed by atoms with Gasteiger partial charge in [-0.3, -0.25) is 0 Å². The van der Waals surface area contributed by atoms with E-state index in [0.717, 1.165) is 12.8 Å². The molecule has 0 amide bonds. The Hall–Kier alpha value is -0.940. The minimum absolute atomic E-state index is 0.200. The second-order valence-corrected chi connectivity index (χ2v) is 4.32. The number of hydrogen-bond donors (Lipinski definition) is 1. The lowest BCUT2D eigenvalue weighted by molar-refractivity contribution is 0.109. The molecular formula is C10H19N3O2. The zero-order valence-electron chi connectivity index (χ0n) is 9.78. The predicted molar refractivity (Wildman–Crippen MR) is 56.3 cm³/mol. The molecule has 5 heteroatoms. The van der Waals surface area contributed by atoms with E-state index < -0.39 is 5.54 Å². The van der Waals surface area contributed by atoms with Crippen LogP contribution in [0.1, 0.15) is 38.9 Å². The van der Waals surface area contributed by atoms with Crippen molar-refractivity contribution in [3.8, 4) is 0 Å². The van der Waals surface area contributed by atoms with Crippen LogP contribution in [0.4, 0.5) is 0 Å². The van der Waals surface area contributed by atoms with Crippen LogP contribution in [0, 0.1) is 0 Å². The van der Waals surface area contributed by atoms with Gasteiger partial charge in [0.05, 0.1) is 11.6 Å². The van der Waals surface area contributed by atoms with E-state index in [1.54, 1.807) is 7.11 Å². The average molecular weight is 213 g/mol.